The Balaban J connectivity index is 1.40. The van der Waals surface area contributed by atoms with Crippen LogP contribution in [0.3, 0.4) is 0 Å². The van der Waals surface area contributed by atoms with Crippen molar-refractivity contribution in [1.29, 1.82) is 0 Å². The van der Waals surface area contributed by atoms with Crippen molar-refractivity contribution in [3.8, 4) is 11.3 Å². The summed E-state index contributed by atoms with van der Waals surface area (Å²) in [5, 5.41) is 1.14. The van der Waals surface area contributed by atoms with E-state index in [2.05, 4.69) is 32.0 Å². The zero-order valence-electron chi connectivity index (χ0n) is 15.9. The molecule has 0 spiro atoms. The molecule has 146 valence electrons. The minimum Gasteiger partial charge on any atom is -0.378 e. The molecular weight excluding hydrogens is 367 g/mol. The molecule has 1 atom stereocenters. The van der Waals surface area contributed by atoms with E-state index in [0.717, 1.165) is 46.6 Å². The average Bonchev–Trinajstić information content (AvgIpc) is 3.24. The first kappa shape index (κ1) is 18.0. The lowest BCUT2D eigenvalue weighted by Crippen LogP contribution is -2.39. The predicted octanol–water partition coefficient (Wildman–Crippen LogP) is 4.34. The highest BCUT2D eigenvalue weighted by Crippen LogP contribution is 2.27. The summed E-state index contributed by atoms with van der Waals surface area (Å²) in [7, 11) is 0. The monoisotopic (exact) mass is 388 g/mol. The topological polar surface area (TPSA) is 54.0 Å². The number of aromatic nitrogens is 3. The van der Waals surface area contributed by atoms with Crippen LogP contribution in [0.2, 0.25) is 0 Å². The molecule has 0 radical (unpaired) electrons. The SMILES string of the molecule is Fc1cccc(-c2cnc(C3COCCN3Cc3cnc4ccccc4c3)[nH]2)c1. The number of pyridine rings is 1. The van der Waals surface area contributed by atoms with E-state index in [1.807, 2.05) is 30.5 Å². The average molecular weight is 388 g/mol. The maximum atomic E-state index is 13.6. The second-order valence-electron chi connectivity index (χ2n) is 7.29. The number of halogens is 1. The Kier molecular flexibility index (Phi) is 4.79. The van der Waals surface area contributed by atoms with Gasteiger partial charge in [-0.25, -0.2) is 9.37 Å². The predicted molar refractivity (Wildman–Crippen MR) is 110 cm³/mol. The van der Waals surface area contributed by atoms with Gasteiger partial charge >= 0.3 is 0 Å². The van der Waals surface area contributed by atoms with Crippen molar-refractivity contribution in [2.24, 2.45) is 0 Å². The van der Waals surface area contributed by atoms with Crippen LogP contribution >= 0.6 is 0 Å². The molecule has 6 heteroatoms. The molecule has 0 saturated carbocycles. The number of aromatic amines is 1. The molecule has 2 aromatic heterocycles. The van der Waals surface area contributed by atoms with Gasteiger partial charge in [0.1, 0.15) is 11.6 Å². The van der Waals surface area contributed by atoms with Gasteiger partial charge in [0.15, 0.2) is 0 Å². The maximum Gasteiger partial charge on any atom is 0.126 e. The molecule has 0 amide bonds. The number of rotatable bonds is 4. The normalized spacial score (nSPS) is 17.6. The van der Waals surface area contributed by atoms with Crippen LogP contribution in [0, 0.1) is 5.82 Å². The molecule has 1 N–H and O–H groups in total. The summed E-state index contributed by atoms with van der Waals surface area (Å²) in [5.41, 5.74) is 3.75. The number of nitrogens with zero attached hydrogens (tertiary/aromatic N) is 3. The molecule has 4 aromatic rings. The van der Waals surface area contributed by atoms with Crippen LogP contribution in [-0.2, 0) is 11.3 Å². The third-order valence-electron chi connectivity index (χ3n) is 5.32. The van der Waals surface area contributed by atoms with E-state index < -0.39 is 0 Å². The van der Waals surface area contributed by atoms with Crippen LogP contribution in [0.1, 0.15) is 17.4 Å². The highest BCUT2D eigenvalue weighted by molar-refractivity contribution is 5.78. The van der Waals surface area contributed by atoms with E-state index in [9.17, 15) is 4.39 Å². The lowest BCUT2D eigenvalue weighted by Gasteiger charge is -2.34. The van der Waals surface area contributed by atoms with Gasteiger partial charge in [0.2, 0.25) is 0 Å². The van der Waals surface area contributed by atoms with Crippen LogP contribution in [0.25, 0.3) is 22.2 Å². The first-order valence-electron chi connectivity index (χ1n) is 9.72. The Morgan fingerprint density at radius 3 is 2.93 bits per heavy atom. The second-order valence-corrected chi connectivity index (χ2v) is 7.29. The van der Waals surface area contributed by atoms with Crippen molar-refractivity contribution in [2.75, 3.05) is 19.8 Å². The van der Waals surface area contributed by atoms with Gasteiger partial charge in [-0.3, -0.25) is 9.88 Å². The number of benzene rings is 2. The molecule has 0 bridgehead atoms. The van der Waals surface area contributed by atoms with Crippen molar-refractivity contribution in [3.63, 3.8) is 0 Å². The molecule has 1 aliphatic rings. The number of morpholine rings is 1. The van der Waals surface area contributed by atoms with Crippen molar-refractivity contribution < 1.29 is 9.13 Å². The highest BCUT2D eigenvalue weighted by Gasteiger charge is 2.27. The standard InChI is InChI=1S/C23H21FN4O/c24-19-6-3-5-18(11-19)21-13-26-23(27-21)22-15-29-9-8-28(22)14-16-10-17-4-1-2-7-20(17)25-12-16/h1-7,10-13,22H,8-9,14-15H2,(H,26,27). The molecular formula is C23H21FN4O. The summed E-state index contributed by atoms with van der Waals surface area (Å²) in [6, 6.07) is 16.9. The van der Waals surface area contributed by atoms with Gasteiger partial charge in [-0.1, -0.05) is 30.3 Å². The van der Waals surface area contributed by atoms with Gasteiger partial charge in [-0.15, -0.1) is 0 Å². The zero-order valence-corrected chi connectivity index (χ0v) is 15.9. The second kappa shape index (κ2) is 7.73. The van der Waals surface area contributed by atoms with Crippen LogP contribution in [0.5, 0.6) is 0 Å². The molecule has 2 aromatic carbocycles. The molecule has 1 unspecified atom stereocenters. The molecule has 1 aliphatic heterocycles. The van der Waals surface area contributed by atoms with Crippen LogP contribution in [-0.4, -0.2) is 39.6 Å². The number of hydrogen-bond donors (Lipinski definition) is 1. The Morgan fingerprint density at radius 1 is 1.07 bits per heavy atom. The Hall–Kier alpha value is -3.09. The first-order valence-corrected chi connectivity index (χ1v) is 9.72. The van der Waals surface area contributed by atoms with Gasteiger partial charge in [-0.2, -0.15) is 0 Å². The number of hydrogen-bond acceptors (Lipinski definition) is 4. The van der Waals surface area contributed by atoms with Crippen molar-refractivity contribution in [3.05, 3.63) is 84.2 Å². The molecule has 0 aliphatic carbocycles. The Morgan fingerprint density at radius 2 is 2.00 bits per heavy atom. The van der Waals surface area contributed by atoms with E-state index in [4.69, 9.17) is 4.74 Å². The number of H-pyrrole nitrogens is 1. The number of imidazole rings is 1. The van der Waals surface area contributed by atoms with Crippen LogP contribution < -0.4 is 0 Å². The van der Waals surface area contributed by atoms with Crippen LogP contribution in [0.15, 0.2) is 67.0 Å². The largest absolute Gasteiger partial charge is 0.378 e. The number of nitrogens with one attached hydrogen (secondary N) is 1. The zero-order chi connectivity index (χ0) is 19.6. The van der Waals surface area contributed by atoms with Crippen molar-refractivity contribution in [1.82, 2.24) is 19.9 Å². The van der Waals surface area contributed by atoms with Gasteiger partial charge in [-0.05, 0) is 29.8 Å². The van der Waals surface area contributed by atoms with Gasteiger partial charge in [0, 0.05) is 30.2 Å². The molecule has 3 heterocycles. The summed E-state index contributed by atoms with van der Waals surface area (Å²) in [6.45, 7) is 2.83. The maximum absolute atomic E-state index is 13.6. The number of para-hydroxylation sites is 1. The van der Waals surface area contributed by atoms with Gasteiger partial charge in [0.05, 0.1) is 36.7 Å². The van der Waals surface area contributed by atoms with Gasteiger partial charge in [0.25, 0.3) is 0 Å². The van der Waals surface area contributed by atoms with E-state index in [0.29, 0.717) is 13.2 Å². The van der Waals surface area contributed by atoms with E-state index in [-0.39, 0.29) is 11.9 Å². The number of fused-ring (bicyclic) bond motifs is 1. The smallest absolute Gasteiger partial charge is 0.126 e. The number of ether oxygens (including phenoxy) is 1. The summed E-state index contributed by atoms with van der Waals surface area (Å²) < 4.78 is 19.3. The Labute approximate surface area is 168 Å². The fraction of sp³-hybridized carbons (Fsp3) is 0.217. The molecule has 5 nitrogen and oxygen atoms in total. The summed E-state index contributed by atoms with van der Waals surface area (Å²) in [6.07, 6.45) is 3.70. The highest BCUT2D eigenvalue weighted by atomic mass is 19.1. The Bertz CT molecular complexity index is 1140. The molecule has 1 saturated heterocycles. The minimum absolute atomic E-state index is 0.0116. The summed E-state index contributed by atoms with van der Waals surface area (Å²) >= 11 is 0. The third-order valence-corrected chi connectivity index (χ3v) is 5.32. The van der Waals surface area contributed by atoms with Crippen LogP contribution in [0.4, 0.5) is 4.39 Å². The third kappa shape index (κ3) is 3.77. The minimum atomic E-state index is -0.259. The van der Waals surface area contributed by atoms with Crippen molar-refractivity contribution >= 4 is 10.9 Å². The van der Waals surface area contributed by atoms with Gasteiger partial charge < -0.3 is 9.72 Å². The van der Waals surface area contributed by atoms with E-state index in [1.54, 1.807) is 12.3 Å². The fourth-order valence-corrected chi connectivity index (χ4v) is 3.83. The molecule has 5 rings (SSSR count). The summed E-state index contributed by atoms with van der Waals surface area (Å²) in [4.78, 5) is 14.9. The van der Waals surface area contributed by atoms with Crippen molar-refractivity contribution in [2.45, 2.75) is 12.6 Å². The van der Waals surface area contributed by atoms with E-state index >= 15 is 0 Å². The summed E-state index contributed by atoms with van der Waals surface area (Å²) in [5.74, 6) is 0.572. The molecule has 1 fully saturated rings. The quantitative estimate of drug-likeness (QED) is 0.565. The molecule has 29 heavy (non-hydrogen) atoms. The lowest BCUT2D eigenvalue weighted by atomic mass is 10.1. The first-order chi connectivity index (χ1) is 14.3. The fourth-order valence-electron chi connectivity index (χ4n) is 3.83. The van der Waals surface area contributed by atoms with E-state index in [1.165, 1.54) is 12.1 Å². The lowest BCUT2D eigenvalue weighted by molar-refractivity contribution is -0.0156.